The Morgan fingerprint density at radius 3 is 2.63 bits per heavy atom. The molecule has 0 atom stereocenters. The van der Waals surface area contributed by atoms with Gasteiger partial charge in [0.25, 0.3) is 11.8 Å². The van der Waals surface area contributed by atoms with Gasteiger partial charge >= 0.3 is 7.12 Å². The first-order valence-corrected chi connectivity index (χ1v) is 9.44. The highest BCUT2D eigenvalue weighted by molar-refractivity contribution is 6.62. The Balaban J connectivity index is 1.90. The van der Waals surface area contributed by atoms with Crippen LogP contribution < -0.4 is 15.6 Å². The van der Waals surface area contributed by atoms with Crippen molar-refractivity contribution in [3.8, 4) is 5.75 Å². The van der Waals surface area contributed by atoms with Crippen LogP contribution in [0.2, 0.25) is 0 Å². The number of hydrogen-bond acceptors (Lipinski definition) is 6. The van der Waals surface area contributed by atoms with E-state index in [1.165, 1.54) is 11.2 Å². The van der Waals surface area contributed by atoms with Gasteiger partial charge in [0.1, 0.15) is 5.75 Å². The fourth-order valence-electron chi connectivity index (χ4n) is 3.13. The zero-order valence-corrected chi connectivity index (χ0v) is 17.6. The normalized spacial score (nSPS) is 12.7. The Kier molecular flexibility index (Phi) is 5.84. The molecule has 0 saturated heterocycles. The number of hydrogen-bond donors (Lipinski definition) is 2. The van der Waals surface area contributed by atoms with E-state index in [0.717, 1.165) is 0 Å². The van der Waals surface area contributed by atoms with Gasteiger partial charge in [0, 0.05) is 22.2 Å². The molecule has 0 saturated carbocycles. The minimum absolute atomic E-state index is 0.318. The van der Waals surface area contributed by atoms with Crippen molar-refractivity contribution in [2.45, 2.75) is 33.2 Å². The molecule has 0 radical (unpaired) electrons. The molecule has 0 spiro atoms. The van der Waals surface area contributed by atoms with Gasteiger partial charge in [-0.15, -0.1) is 5.16 Å². The highest BCUT2D eigenvalue weighted by atomic mass is 16.6. The summed E-state index contributed by atoms with van der Waals surface area (Å²) in [4.78, 5) is 26.3. The zero-order chi connectivity index (χ0) is 22.1. The molecule has 0 aromatic heterocycles. The molecule has 1 aliphatic rings. The van der Waals surface area contributed by atoms with Gasteiger partial charge in [-0.3, -0.25) is 15.0 Å². The second-order valence-electron chi connectivity index (χ2n) is 7.92. The SMILES string of the molecule is COc1cccc(C(=O)N(NC(=O)c2ccc3c(c2)C=NOB3O)C(C)(C)C)c1C. The lowest BCUT2D eigenvalue weighted by atomic mass is 9.76. The van der Waals surface area contributed by atoms with Gasteiger partial charge in [-0.05, 0) is 57.5 Å². The van der Waals surface area contributed by atoms with Crippen molar-refractivity contribution in [2.75, 3.05) is 7.11 Å². The first-order chi connectivity index (χ1) is 14.1. The maximum Gasteiger partial charge on any atom is 0.583 e. The minimum atomic E-state index is -1.18. The Bertz CT molecular complexity index is 1020. The van der Waals surface area contributed by atoms with Gasteiger partial charge in [0.2, 0.25) is 0 Å². The van der Waals surface area contributed by atoms with Crippen LogP contribution in [0.1, 0.15) is 52.6 Å². The Morgan fingerprint density at radius 1 is 1.23 bits per heavy atom. The summed E-state index contributed by atoms with van der Waals surface area (Å²) >= 11 is 0. The van der Waals surface area contributed by atoms with Gasteiger partial charge in [-0.25, -0.2) is 5.01 Å². The Labute approximate surface area is 175 Å². The molecule has 2 aromatic carbocycles. The van der Waals surface area contributed by atoms with Crippen LogP contribution in [-0.2, 0) is 4.76 Å². The van der Waals surface area contributed by atoms with Crippen molar-refractivity contribution in [2.24, 2.45) is 5.16 Å². The molecule has 8 nitrogen and oxygen atoms in total. The average molecular weight is 409 g/mol. The number of rotatable bonds is 3. The van der Waals surface area contributed by atoms with E-state index in [1.807, 2.05) is 20.8 Å². The van der Waals surface area contributed by atoms with Crippen molar-refractivity contribution >= 4 is 30.6 Å². The van der Waals surface area contributed by atoms with Crippen molar-refractivity contribution in [3.05, 3.63) is 58.7 Å². The number of nitrogens with one attached hydrogen (secondary N) is 1. The van der Waals surface area contributed by atoms with E-state index in [9.17, 15) is 14.6 Å². The third kappa shape index (κ3) is 4.16. The fourth-order valence-corrected chi connectivity index (χ4v) is 3.13. The molecule has 2 amide bonds. The third-order valence-electron chi connectivity index (χ3n) is 4.79. The monoisotopic (exact) mass is 409 g/mol. The highest BCUT2D eigenvalue weighted by Crippen LogP contribution is 2.24. The molecule has 156 valence electrons. The van der Waals surface area contributed by atoms with Crippen LogP contribution in [0.5, 0.6) is 5.75 Å². The summed E-state index contributed by atoms with van der Waals surface area (Å²) in [6.45, 7) is 7.28. The number of carbonyl (C=O) groups excluding carboxylic acids is 2. The summed E-state index contributed by atoms with van der Waals surface area (Å²) in [6.07, 6.45) is 1.42. The molecule has 1 aliphatic heterocycles. The molecule has 9 heteroatoms. The van der Waals surface area contributed by atoms with Crippen molar-refractivity contribution in [1.82, 2.24) is 10.4 Å². The molecule has 0 bridgehead atoms. The van der Waals surface area contributed by atoms with E-state index in [2.05, 4.69) is 10.6 Å². The number of amides is 2. The van der Waals surface area contributed by atoms with Crippen LogP contribution in [0.25, 0.3) is 0 Å². The van der Waals surface area contributed by atoms with Gasteiger partial charge in [0.05, 0.1) is 18.9 Å². The number of ether oxygens (including phenoxy) is 1. The van der Waals surface area contributed by atoms with Crippen LogP contribution in [0, 0.1) is 6.92 Å². The second kappa shape index (κ2) is 8.20. The van der Waals surface area contributed by atoms with Crippen LogP contribution in [0.15, 0.2) is 41.6 Å². The third-order valence-corrected chi connectivity index (χ3v) is 4.79. The summed E-state index contributed by atoms with van der Waals surface area (Å²) in [5, 5.41) is 14.7. The van der Waals surface area contributed by atoms with Crippen molar-refractivity contribution in [3.63, 3.8) is 0 Å². The molecule has 2 N–H and O–H groups in total. The summed E-state index contributed by atoms with van der Waals surface area (Å²) in [6, 6.07) is 9.94. The lowest BCUT2D eigenvalue weighted by Gasteiger charge is -2.36. The number of hydrazine groups is 1. The highest BCUT2D eigenvalue weighted by Gasteiger charge is 2.31. The molecule has 1 heterocycles. The number of oxime groups is 1. The summed E-state index contributed by atoms with van der Waals surface area (Å²) in [5.41, 5.74) is 4.55. The van der Waals surface area contributed by atoms with E-state index in [-0.39, 0.29) is 5.91 Å². The van der Waals surface area contributed by atoms with Gasteiger partial charge < -0.3 is 14.5 Å². The standard InChI is InChI=1S/C21H24BN3O5/c1-13-16(7-6-8-18(13)29-5)20(27)25(21(2,3)4)24-19(26)14-9-10-17-15(11-14)12-23-30-22(17)28/h6-12,28H,1-5H3,(H,24,26). The largest absolute Gasteiger partial charge is 0.583 e. The van der Waals surface area contributed by atoms with Gasteiger partial charge in [0.15, 0.2) is 0 Å². The molecule has 30 heavy (non-hydrogen) atoms. The number of methoxy groups -OCH3 is 1. The quantitative estimate of drug-likeness (QED) is 0.593. The second-order valence-corrected chi connectivity index (χ2v) is 7.92. The molecular weight excluding hydrogens is 385 g/mol. The first kappa shape index (κ1) is 21.4. The van der Waals surface area contributed by atoms with Crippen molar-refractivity contribution in [1.29, 1.82) is 0 Å². The number of fused-ring (bicyclic) bond motifs is 1. The number of nitrogens with zero attached hydrogens (tertiary/aromatic N) is 2. The van der Waals surface area contributed by atoms with Gasteiger partial charge in [-0.2, -0.15) is 0 Å². The summed E-state index contributed by atoms with van der Waals surface area (Å²) in [5.74, 6) is -0.220. The molecule has 0 aliphatic carbocycles. The lowest BCUT2D eigenvalue weighted by molar-refractivity contribution is 0.0357. The van der Waals surface area contributed by atoms with Crippen LogP contribution in [-0.4, -0.2) is 47.8 Å². The maximum absolute atomic E-state index is 13.3. The molecule has 0 unspecified atom stereocenters. The van der Waals surface area contributed by atoms with E-state index < -0.39 is 18.6 Å². The lowest BCUT2D eigenvalue weighted by Crippen LogP contribution is -2.56. The topological polar surface area (TPSA) is 100 Å². The van der Waals surface area contributed by atoms with Gasteiger partial charge in [-0.1, -0.05) is 12.1 Å². The van der Waals surface area contributed by atoms with Crippen molar-refractivity contribution < 1.29 is 24.1 Å². The molecule has 0 fully saturated rings. The van der Waals surface area contributed by atoms with Crippen LogP contribution >= 0.6 is 0 Å². The summed E-state index contributed by atoms with van der Waals surface area (Å²) < 4.78 is 10.1. The van der Waals surface area contributed by atoms with E-state index in [0.29, 0.717) is 33.5 Å². The van der Waals surface area contributed by atoms with E-state index >= 15 is 0 Å². The predicted octanol–water partition coefficient (Wildman–Crippen LogP) is 1.64. The number of carbonyl (C=O) groups is 2. The smallest absolute Gasteiger partial charge is 0.496 e. The Morgan fingerprint density at radius 2 is 1.97 bits per heavy atom. The fraction of sp³-hybridized carbons (Fsp3) is 0.286. The maximum atomic E-state index is 13.3. The predicted molar refractivity (Wildman–Crippen MR) is 114 cm³/mol. The van der Waals surface area contributed by atoms with Crippen LogP contribution in [0.3, 0.4) is 0 Å². The molecule has 3 rings (SSSR count). The number of benzene rings is 2. The minimum Gasteiger partial charge on any atom is -0.496 e. The summed E-state index contributed by atoms with van der Waals surface area (Å²) in [7, 11) is 0.368. The van der Waals surface area contributed by atoms with E-state index in [4.69, 9.17) is 9.49 Å². The Hall–Kier alpha value is -3.33. The average Bonchev–Trinajstić information content (AvgIpc) is 2.70. The molecular formula is C21H24BN3O5. The molecule has 2 aromatic rings. The first-order valence-electron chi connectivity index (χ1n) is 9.44. The van der Waals surface area contributed by atoms with E-state index in [1.54, 1.807) is 50.4 Å². The van der Waals surface area contributed by atoms with Crippen LogP contribution in [0.4, 0.5) is 0 Å². The zero-order valence-electron chi connectivity index (χ0n) is 17.6.